The molecule has 2 aromatic heterocycles. The number of halogens is 4. The fourth-order valence-electron chi connectivity index (χ4n) is 13.8. The summed E-state index contributed by atoms with van der Waals surface area (Å²) in [7, 11) is 3.89. The van der Waals surface area contributed by atoms with Crippen LogP contribution in [-0.2, 0) is 0 Å². The summed E-state index contributed by atoms with van der Waals surface area (Å²) in [6.45, 7) is 56.6. The summed E-state index contributed by atoms with van der Waals surface area (Å²) in [5.74, 6) is 9.07. The third kappa shape index (κ3) is 23.0. The number of H-pyrrole nitrogens is 1. The number of fused-ring (bicyclic) bond motifs is 15. The normalized spacial score (nSPS) is 13.0. The molecule has 0 unspecified atom stereocenters. The van der Waals surface area contributed by atoms with Crippen LogP contribution < -0.4 is 58.9 Å². The predicted octanol–water partition coefficient (Wildman–Crippen LogP) is 23.1. The smallest absolute Gasteiger partial charge is 0.287 e. The number of hydrogen-bond donors (Lipinski definition) is 2. The zero-order chi connectivity index (χ0) is 86.2. The van der Waals surface area contributed by atoms with Gasteiger partial charge in [-0.25, -0.2) is 14.6 Å². The lowest BCUT2D eigenvalue weighted by atomic mass is 10.0. The van der Waals surface area contributed by atoms with Crippen molar-refractivity contribution < 1.29 is 51.8 Å². The van der Waals surface area contributed by atoms with E-state index in [0.29, 0.717) is 271 Å². The molecule has 0 fully saturated rings. The summed E-state index contributed by atoms with van der Waals surface area (Å²) in [6.07, 6.45) is 7.75. The van der Waals surface area contributed by atoms with E-state index in [1.807, 2.05) is 24.7 Å². The van der Waals surface area contributed by atoms with Crippen LogP contribution in [0.2, 0.25) is 20.1 Å². The van der Waals surface area contributed by atoms with Gasteiger partial charge in [0, 0.05) is 36.9 Å². The molecule has 5 heterocycles. The second-order valence-electron chi connectivity index (χ2n) is 34.4. The molecule has 1 aliphatic carbocycles. The molecule has 2 N–H and O–H groups in total. The summed E-state index contributed by atoms with van der Waals surface area (Å²) in [4.78, 5) is 35.9. The Morgan fingerprint density at radius 1 is 0.462 bits per heavy atom. The molecule has 20 nitrogen and oxygen atoms in total. The van der Waals surface area contributed by atoms with Gasteiger partial charge < -0.3 is 58.0 Å². The van der Waals surface area contributed by atoms with Crippen LogP contribution in [0.4, 0.5) is 11.6 Å². The van der Waals surface area contributed by atoms with Crippen LogP contribution in [0.3, 0.4) is 0 Å². The quantitative estimate of drug-likeness (QED) is 0.0121. The maximum Gasteiger partial charge on any atom is 0.287 e. The average Bonchev–Trinajstić information content (AvgIpc) is 1.53. The lowest BCUT2D eigenvalue weighted by molar-refractivity contribution is -0.793. The molecule has 10 rings (SSSR count). The van der Waals surface area contributed by atoms with Crippen molar-refractivity contribution in [2.24, 2.45) is 62.3 Å². The highest BCUT2D eigenvalue weighted by Crippen LogP contribution is 2.59. The van der Waals surface area contributed by atoms with Crippen molar-refractivity contribution in [2.45, 2.75) is 209 Å². The number of benzene rings is 4. The zero-order valence-electron chi connectivity index (χ0n) is 74.8. The number of nitrogens with zero attached hydrogens (tertiary/aromatic N) is 9. The Hall–Kier alpha value is -5.38. The summed E-state index contributed by atoms with van der Waals surface area (Å²) >= 11 is 39.3. The first kappa shape index (κ1) is 95.8. The van der Waals surface area contributed by atoms with Crippen molar-refractivity contribution in [3.8, 4) is 51.8 Å². The molecule has 119 heavy (non-hydrogen) atoms. The Bertz CT molecular complexity index is 4970. The van der Waals surface area contributed by atoms with Crippen molar-refractivity contribution >= 4 is 161 Å². The monoisotopic (exact) mass is 1790 g/mol. The lowest BCUT2D eigenvalue weighted by Crippen LogP contribution is -2.32. The Balaban J connectivity index is 1.60. The number of allylic oxidation sites excluding steroid dienone is 1. The van der Waals surface area contributed by atoms with Gasteiger partial charge in [0.1, 0.15) is 84.2 Å². The number of aliphatic imine (C=N–C) groups is 1. The van der Waals surface area contributed by atoms with E-state index in [1.165, 1.54) is 11.8 Å². The Labute approximate surface area is 744 Å². The first-order valence-corrected chi connectivity index (χ1v) is 48.9. The van der Waals surface area contributed by atoms with Crippen LogP contribution in [0, 0.1) is 47.3 Å². The highest BCUT2D eigenvalue weighted by atomic mass is 35.5. The highest BCUT2D eigenvalue weighted by Gasteiger charge is 2.43. The van der Waals surface area contributed by atoms with Gasteiger partial charge in [0.05, 0.1) is 111 Å². The van der Waals surface area contributed by atoms with E-state index in [0.717, 1.165) is 65.0 Å². The second kappa shape index (κ2) is 45.0. The van der Waals surface area contributed by atoms with Gasteiger partial charge >= 0.3 is 0 Å². The molecular weight excluding hydrogens is 1660 g/mol. The van der Waals surface area contributed by atoms with E-state index >= 15 is 0 Å². The van der Waals surface area contributed by atoms with Crippen LogP contribution >= 0.6 is 93.5 Å². The third-order valence-corrected chi connectivity index (χ3v) is 27.5. The maximum absolute atomic E-state index is 8.28. The molecule has 3 aliphatic heterocycles. The number of aromatic nitrogens is 4. The van der Waals surface area contributed by atoms with Gasteiger partial charge in [-0.15, -0.1) is 40.3 Å². The summed E-state index contributed by atoms with van der Waals surface area (Å²) in [5, 5.41) is 8.06. The van der Waals surface area contributed by atoms with E-state index in [1.54, 1.807) is 44.6 Å². The highest BCUT2D eigenvalue weighted by molar-refractivity contribution is 8.00. The summed E-state index contributed by atoms with van der Waals surface area (Å²) < 4.78 is 72.2. The maximum atomic E-state index is 8.28. The van der Waals surface area contributed by atoms with Crippen LogP contribution in [0.25, 0.3) is 49.5 Å². The topological polar surface area (TPSA) is 183 Å². The SMILES string of the molecule is C=[N+](C)CSc1c(Cl)c(OCCC(C)C)c2c(c1OCCC(C)C)C1=Nc3c4c(OCCC(C)C)c(Cl)c(SCCN(CC)CC)c(OCCC(C)C)c4c4nc5c6c(OCCC(C)C)c(Cl)c(SCCNC)c(OCCC(C)C)c6c([n+]-5on34)N=c3[nH]c(c4c(OCCC(C)C)c(SCCN(CC)CC)c(Cl)c(OCCC(C)C)c34)=NC2=C1. The van der Waals surface area contributed by atoms with E-state index in [-0.39, 0.29) is 59.0 Å². The number of hydrogen-bond acceptors (Lipinski definition) is 20. The van der Waals surface area contributed by atoms with Gasteiger partial charge in [-0.2, -0.15) is 4.63 Å². The molecule has 28 heteroatoms. The second-order valence-corrected chi connectivity index (χ2v) is 40.2. The molecule has 0 saturated heterocycles. The lowest BCUT2D eigenvalue weighted by Gasteiger charge is -2.22. The van der Waals surface area contributed by atoms with E-state index in [4.69, 9.17) is 109 Å². The molecule has 0 atom stereocenters. The first-order chi connectivity index (χ1) is 57.0. The van der Waals surface area contributed by atoms with Crippen molar-refractivity contribution in [1.82, 2.24) is 29.7 Å². The Morgan fingerprint density at radius 3 is 1.27 bits per heavy atom. The summed E-state index contributed by atoms with van der Waals surface area (Å²) in [6, 6.07) is 0. The van der Waals surface area contributed by atoms with Gasteiger partial charge in [0.2, 0.25) is 11.3 Å². The minimum atomic E-state index is 0.264. The first-order valence-electron chi connectivity index (χ1n) is 43.5. The Morgan fingerprint density at radius 2 is 0.832 bits per heavy atom. The number of thioether (sulfide) groups is 4. The standard InChI is InChI=1S/C91H132Cl4N11O9S4/c1-24-103(25-2)37-48-117-82-71(93)75(108-40-29-53(7)8)64-65(79(82)112-44-33-57(15)16)86-97-60-50-61(63-62(60)74(107-39-28-52(5)6)70(92)85(119-51-102(22)23)78(63)111-43-32-56(13)14)98-88-66-69(81(114-46-35-59(19)20)84(118-49-38-104(26-3)27-4)73(95)76(66)109-41-30-54(9)10)91-101-90-67-68(89(100-87(64)99-86)106(90)115-105(88)91)80(113-45-34-58(17)18)83(116-47-36-96-21)72(94)77(67)110-42-31-55(11)12/h50,52-59,96H,22,24-49,51H2,1-21,23H3/q+1/p+1. The minimum absolute atomic E-state index is 0.264. The molecular formula is C91H133Cl4N11O9S4+2. The number of ether oxygens (including phenoxy) is 8. The van der Waals surface area contributed by atoms with E-state index < -0.39 is 0 Å². The Kier molecular flexibility index (Phi) is 36.2. The van der Waals surface area contributed by atoms with Gasteiger partial charge in [-0.1, -0.05) is 202 Å². The molecule has 4 aliphatic rings. The largest absolute Gasteiger partial charge is 0.492 e. The van der Waals surface area contributed by atoms with E-state index in [9.17, 15) is 0 Å². The van der Waals surface area contributed by atoms with Crippen molar-refractivity contribution in [1.29, 1.82) is 0 Å². The van der Waals surface area contributed by atoms with Gasteiger partial charge in [0.25, 0.3) is 17.3 Å². The molecule has 0 amide bonds. The van der Waals surface area contributed by atoms with Gasteiger partial charge in [-0.05, 0) is 147 Å². The molecule has 0 saturated carbocycles. The number of aromatic amines is 1. The van der Waals surface area contributed by atoms with Crippen molar-refractivity contribution in [3.05, 3.63) is 48.3 Å². The van der Waals surface area contributed by atoms with Gasteiger partial charge in [-0.3, -0.25) is 0 Å². The van der Waals surface area contributed by atoms with Gasteiger partial charge in [0.15, 0.2) is 23.1 Å². The fraction of sp³-hybridized carbons (Fsp3) is 0.626. The molecule has 0 radical (unpaired) electrons. The van der Waals surface area contributed by atoms with Crippen LogP contribution in [-0.4, -0.2) is 177 Å². The third-order valence-electron chi connectivity index (χ3n) is 21.1. The predicted molar refractivity (Wildman–Crippen MR) is 501 cm³/mol. The molecule has 6 aromatic rings. The van der Waals surface area contributed by atoms with Crippen LogP contribution in [0.1, 0.15) is 201 Å². The van der Waals surface area contributed by atoms with Crippen LogP contribution in [0.15, 0.2) is 45.3 Å². The molecule has 6 bridgehead atoms. The number of rotatable bonds is 51. The molecule has 0 spiro atoms. The molecule has 656 valence electrons. The van der Waals surface area contributed by atoms with E-state index in [2.05, 4.69) is 165 Å². The average molecular weight is 1800 g/mol. The van der Waals surface area contributed by atoms with Crippen LogP contribution in [0.5, 0.6) is 46.0 Å². The fourth-order valence-corrected chi connectivity index (χ4v) is 19.4. The van der Waals surface area contributed by atoms with Crippen molar-refractivity contribution in [3.63, 3.8) is 0 Å². The summed E-state index contributed by atoms with van der Waals surface area (Å²) in [5.41, 5.74) is 3.05. The van der Waals surface area contributed by atoms with Crippen molar-refractivity contribution in [2.75, 3.05) is 136 Å². The minimum Gasteiger partial charge on any atom is -0.492 e. The number of nitrogens with one attached hydrogen (secondary N) is 2. The zero-order valence-corrected chi connectivity index (χ0v) is 81.1. The molecule has 4 aromatic carbocycles.